The van der Waals surface area contributed by atoms with Gasteiger partial charge in [0.25, 0.3) is 0 Å². The van der Waals surface area contributed by atoms with Crippen LogP contribution >= 0.6 is 23.1 Å². The summed E-state index contributed by atoms with van der Waals surface area (Å²) in [6, 6.07) is 24.3. The molecule has 0 unspecified atom stereocenters. The number of nitrogens with one attached hydrogen (secondary N) is 1. The summed E-state index contributed by atoms with van der Waals surface area (Å²) in [6.07, 6.45) is -0.0245. The highest BCUT2D eigenvalue weighted by atomic mass is 32.2. The molecule has 2 heterocycles. The Kier molecular flexibility index (Phi) is 9.06. The number of hydrogen-bond acceptors (Lipinski definition) is 8. The number of aliphatic hydroxyl groups is 1. The van der Waals surface area contributed by atoms with Crippen molar-refractivity contribution in [2.24, 2.45) is 0 Å². The Hall–Kier alpha value is -3.08. The molecule has 1 aromatic heterocycles. The third-order valence-electron chi connectivity index (χ3n) is 6.48. The van der Waals surface area contributed by atoms with E-state index in [1.165, 1.54) is 6.92 Å². The number of aryl methyl sites for hydroxylation is 1. The normalized spacial score (nSPS) is 19.1. The average molecular weight is 562 g/mol. The van der Waals surface area contributed by atoms with Crippen molar-refractivity contribution in [3.05, 3.63) is 100 Å². The molecule has 0 aliphatic carbocycles. The summed E-state index contributed by atoms with van der Waals surface area (Å²) in [5.74, 6) is 0.688. The van der Waals surface area contributed by atoms with Crippen molar-refractivity contribution in [3.8, 4) is 11.1 Å². The molecule has 0 spiro atoms. The van der Waals surface area contributed by atoms with Crippen LogP contribution in [0.3, 0.4) is 0 Å². The summed E-state index contributed by atoms with van der Waals surface area (Å²) >= 11 is 3.25. The van der Waals surface area contributed by atoms with Crippen molar-refractivity contribution in [1.82, 2.24) is 15.5 Å². The van der Waals surface area contributed by atoms with E-state index in [4.69, 9.17) is 9.47 Å². The van der Waals surface area contributed by atoms with Crippen LogP contribution in [-0.2, 0) is 27.4 Å². The Labute approximate surface area is 236 Å². The molecule has 39 heavy (non-hydrogen) atoms. The van der Waals surface area contributed by atoms with E-state index in [2.05, 4.69) is 39.8 Å². The van der Waals surface area contributed by atoms with Gasteiger partial charge >= 0.3 is 0 Å². The van der Waals surface area contributed by atoms with Gasteiger partial charge in [0, 0.05) is 31.2 Å². The number of aromatic nitrogens is 2. The molecule has 3 atom stereocenters. The lowest BCUT2D eigenvalue weighted by molar-refractivity contribution is -0.245. The third-order valence-corrected chi connectivity index (χ3v) is 8.58. The van der Waals surface area contributed by atoms with Crippen molar-refractivity contribution >= 4 is 29.0 Å². The fourth-order valence-electron chi connectivity index (χ4n) is 4.48. The van der Waals surface area contributed by atoms with E-state index >= 15 is 0 Å². The molecule has 4 aromatic rings. The molecule has 1 saturated heterocycles. The first kappa shape index (κ1) is 27.5. The summed E-state index contributed by atoms with van der Waals surface area (Å²) in [7, 11) is 0. The monoisotopic (exact) mass is 561 g/mol. The zero-order valence-corrected chi connectivity index (χ0v) is 23.5. The number of ether oxygens (including phenoxy) is 2. The van der Waals surface area contributed by atoms with Crippen molar-refractivity contribution in [2.75, 3.05) is 5.75 Å². The second kappa shape index (κ2) is 12.8. The Morgan fingerprint density at radius 2 is 1.77 bits per heavy atom. The first-order chi connectivity index (χ1) is 19.0. The molecule has 1 fully saturated rings. The minimum absolute atomic E-state index is 0.0108. The van der Waals surface area contributed by atoms with Gasteiger partial charge in [0.05, 0.1) is 18.8 Å². The van der Waals surface area contributed by atoms with Crippen molar-refractivity contribution in [3.63, 3.8) is 0 Å². The Bertz CT molecular complexity index is 1410. The molecule has 1 amide bonds. The largest absolute Gasteiger partial charge is 0.392 e. The number of carbonyl (C=O) groups is 1. The van der Waals surface area contributed by atoms with Crippen molar-refractivity contribution < 1.29 is 19.4 Å². The molecule has 0 saturated carbocycles. The van der Waals surface area contributed by atoms with Crippen LogP contribution in [0.25, 0.3) is 11.1 Å². The van der Waals surface area contributed by atoms with E-state index in [1.54, 1.807) is 23.1 Å². The van der Waals surface area contributed by atoms with E-state index in [0.29, 0.717) is 13.0 Å². The van der Waals surface area contributed by atoms with Crippen LogP contribution in [-0.4, -0.2) is 33.1 Å². The zero-order valence-electron chi connectivity index (χ0n) is 21.9. The molecule has 2 N–H and O–H groups in total. The molecule has 5 rings (SSSR count). The highest BCUT2D eigenvalue weighted by Gasteiger charge is 2.32. The molecule has 3 aromatic carbocycles. The highest BCUT2D eigenvalue weighted by molar-refractivity contribution is 8.01. The maximum absolute atomic E-state index is 11.3. The lowest BCUT2D eigenvalue weighted by atomic mass is 9.99. The van der Waals surface area contributed by atoms with Gasteiger partial charge in [-0.15, -0.1) is 10.2 Å². The van der Waals surface area contributed by atoms with Crippen LogP contribution in [0.4, 0.5) is 0 Å². The van der Waals surface area contributed by atoms with Crippen LogP contribution in [0.1, 0.15) is 53.0 Å². The van der Waals surface area contributed by atoms with Crippen LogP contribution in [0.5, 0.6) is 0 Å². The van der Waals surface area contributed by atoms with Crippen molar-refractivity contribution in [2.45, 2.75) is 56.3 Å². The Morgan fingerprint density at radius 1 is 1.00 bits per heavy atom. The Balaban J connectivity index is 1.38. The molecular weight excluding hydrogens is 530 g/mol. The average Bonchev–Trinajstić information content (AvgIpc) is 3.40. The second-order valence-corrected chi connectivity index (χ2v) is 11.9. The van der Waals surface area contributed by atoms with E-state index in [9.17, 15) is 9.90 Å². The van der Waals surface area contributed by atoms with Crippen LogP contribution in [0.15, 0.2) is 77.1 Å². The number of amides is 1. The van der Waals surface area contributed by atoms with Gasteiger partial charge in [-0.1, -0.05) is 83.8 Å². The van der Waals surface area contributed by atoms with Gasteiger partial charge in [0.15, 0.2) is 10.6 Å². The third kappa shape index (κ3) is 7.32. The van der Waals surface area contributed by atoms with Gasteiger partial charge in [0.1, 0.15) is 5.01 Å². The maximum Gasteiger partial charge on any atom is 0.217 e. The summed E-state index contributed by atoms with van der Waals surface area (Å²) < 4.78 is 14.0. The van der Waals surface area contributed by atoms with E-state index in [0.717, 1.165) is 48.5 Å². The summed E-state index contributed by atoms with van der Waals surface area (Å²) in [6.45, 7) is 3.97. The van der Waals surface area contributed by atoms with Gasteiger partial charge in [0.2, 0.25) is 5.91 Å². The van der Waals surface area contributed by atoms with Gasteiger partial charge < -0.3 is 19.9 Å². The number of thioether (sulfide) groups is 1. The predicted molar refractivity (Wildman–Crippen MR) is 153 cm³/mol. The summed E-state index contributed by atoms with van der Waals surface area (Å²) in [5.41, 5.74) is 6.02. The highest BCUT2D eigenvalue weighted by Crippen LogP contribution is 2.40. The van der Waals surface area contributed by atoms with E-state index in [-0.39, 0.29) is 24.7 Å². The molecular formula is C30H31N3O4S2. The smallest absolute Gasteiger partial charge is 0.217 e. The second-order valence-electron chi connectivity index (χ2n) is 9.48. The lowest BCUT2D eigenvalue weighted by Crippen LogP contribution is -2.31. The fourth-order valence-corrected chi connectivity index (χ4v) is 6.34. The molecule has 7 nitrogen and oxygen atoms in total. The summed E-state index contributed by atoms with van der Waals surface area (Å²) in [4.78, 5) is 11.3. The lowest BCUT2D eigenvalue weighted by Gasteiger charge is -2.36. The van der Waals surface area contributed by atoms with Crippen LogP contribution < -0.4 is 5.32 Å². The van der Waals surface area contributed by atoms with Gasteiger partial charge in [-0.05, 0) is 46.9 Å². The molecule has 1 aliphatic rings. The van der Waals surface area contributed by atoms with Crippen LogP contribution in [0, 0.1) is 6.92 Å². The molecule has 9 heteroatoms. The maximum atomic E-state index is 11.3. The number of rotatable bonds is 9. The molecule has 202 valence electrons. The topological polar surface area (TPSA) is 93.6 Å². The molecule has 0 radical (unpaired) electrons. The first-order valence-corrected chi connectivity index (χ1v) is 14.6. The van der Waals surface area contributed by atoms with Crippen LogP contribution in [0.2, 0.25) is 0 Å². The van der Waals surface area contributed by atoms with E-state index in [1.807, 2.05) is 55.5 Å². The fraction of sp³-hybridized carbons (Fsp3) is 0.300. The first-order valence-electron chi connectivity index (χ1n) is 12.8. The minimum atomic E-state index is -0.537. The predicted octanol–water partition coefficient (Wildman–Crippen LogP) is 5.98. The number of benzene rings is 3. The number of hydrogen-bond donors (Lipinski definition) is 2. The quantitative estimate of drug-likeness (QED) is 0.243. The number of nitrogens with zero attached hydrogens (tertiary/aromatic N) is 2. The minimum Gasteiger partial charge on any atom is -0.392 e. The molecule has 1 aliphatic heterocycles. The van der Waals surface area contributed by atoms with E-state index < -0.39 is 6.29 Å². The summed E-state index contributed by atoms with van der Waals surface area (Å²) in [5, 5.41) is 21.6. The zero-order chi connectivity index (χ0) is 27.2. The number of carbonyl (C=O) groups excluding carboxylic acids is 1. The standard InChI is InChI=1S/C30H31N3O4S2/c1-19(35)31-16-22-5-3-6-24(13-22)25-7-4-8-26(14-25)29-36-27(18-38-30-33-32-20(2)39-30)15-28(37-29)23-11-9-21(17-34)10-12-23/h3-14,27-29,34H,15-18H2,1-2H3,(H,31,35)/t27-,28+,29+/m1/s1. The SMILES string of the molecule is CC(=O)NCc1cccc(-c2cccc([C@H]3O[C@@H](CSc4nnc(C)s4)C[C@@H](c4ccc(CO)cc4)O3)c2)c1. The van der Waals surface area contributed by atoms with Gasteiger partial charge in [-0.3, -0.25) is 4.79 Å². The van der Waals surface area contributed by atoms with Gasteiger partial charge in [-0.2, -0.15) is 0 Å². The van der Waals surface area contributed by atoms with Crippen molar-refractivity contribution in [1.29, 1.82) is 0 Å². The van der Waals surface area contributed by atoms with Gasteiger partial charge in [-0.25, -0.2) is 0 Å². The molecule has 0 bridgehead atoms. The Morgan fingerprint density at radius 3 is 2.49 bits per heavy atom. The number of aliphatic hydroxyl groups excluding tert-OH is 1.